The van der Waals surface area contributed by atoms with E-state index in [1.807, 2.05) is 28.8 Å². The second-order valence-corrected chi connectivity index (χ2v) is 3.48. The van der Waals surface area contributed by atoms with Gasteiger partial charge in [0.25, 0.3) is 0 Å². The number of nitrogens with zero attached hydrogens (tertiary/aromatic N) is 6. The average Bonchev–Trinajstić information content (AvgIpc) is 3.10. The topological polar surface area (TPSA) is 94.4 Å². The van der Waals surface area contributed by atoms with E-state index in [4.69, 9.17) is 4.74 Å². The van der Waals surface area contributed by atoms with Gasteiger partial charge >= 0.3 is 0 Å². The van der Waals surface area contributed by atoms with Crippen molar-refractivity contribution in [1.29, 1.82) is 0 Å². The highest BCUT2D eigenvalue weighted by molar-refractivity contribution is 5.36. The summed E-state index contributed by atoms with van der Waals surface area (Å²) in [5.41, 5.74) is 0.965. The molecule has 3 aromatic rings. The number of aromatic amines is 1. The van der Waals surface area contributed by atoms with Gasteiger partial charge in [0.1, 0.15) is 18.4 Å². The third-order valence-corrected chi connectivity index (χ3v) is 2.31. The number of tetrazole rings is 1. The molecule has 2 aromatic heterocycles. The SMILES string of the molecule is c1cc(-n2cnnc2)ccc1OCc1nn[nH]n1. The Hall–Kier alpha value is -2.77. The van der Waals surface area contributed by atoms with Crippen LogP contribution in [0.2, 0.25) is 0 Å². The molecule has 0 radical (unpaired) electrons. The predicted molar refractivity (Wildman–Crippen MR) is 59.9 cm³/mol. The number of hydrogen-bond acceptors (Lipinski definition) is 6. The van der Waals surface area contributed by atoms with Crippen LogP contribution in [0.5, 0.6) is 5.75 Å². The molecule has 90 valence electrons. The monoisotopic (exact) mass is 243 g/mol. The van der Waals surface area contributed by atoms with E-state index >= 15 is 0 Å². The summed E-state index contributed by atoms with van der Waals surface area (Å²) >= 11 is 0. The van der Waals surface area contributed by atoms with E-state index < -0.39 is 0 Å². The van der Waals surface area contributed by atoms with E-state index in [9.17, 15) is 0 Å². The van der Waals surface area contributed by atoms with Crippen LogP contribution in [0.15, 0.2) is 36.9 Å². The molecule has 0 bridgehead atoms. The predicted octanol–water partition coefficient (Wildman–Crippen LogP) is 0.359. The van der Waals surface area contributed by atoms with Crippen molar-refractivity contribution in [2.24, 2.45) is 0 Å². The van der Waals surface area contributed by atoms with Crippen molar-refractivity contribution in [2.45, 2.75) is 6.61 Å². The number of benzene rings is 1. The zero-order chi connectivity index (χ0) is 12.2. The molecule has 0 aliphatic rings. The zero-order valence-electron chi connectivity index (χ0n) is 9.26. The summed E-state index contributed by atoms with van der Waals surface area (Å²) in [5.74, 6) is 1.24. The first-order chi connectivity index (χ1) is 8.92. The molecule has 3 rings (SSSR count). The van der Waals surface area contributed by atoms with Gasteiger partial charge in [-0.2, -0.15) is 5.21 Å². The van der Waals surface area contributed by atoms with Crippen molar-refractivity contribution in [3.63, 3.8) is 0 Å². The first-order valence-electron chi connectivity index (χ1n) is 5.22. The third-order valence-electron chi connectivity index (χ3n) is 2.31. The van der Waals surface area contributed by atoms with Crippen LogP contribution < -0.4 is 4.74 Å². The summed E-state index contributed by atoms with van der Waals surface area (Å²) in [7, 11) is 0. The van der Waals surface area contributed by atoms with Crippen molar-refractivity contribution in [2.75, 3.05) is 0 Å². The van der Waals surface area contributed by atoms with Crippen LogP contribution in [0.4, 0.5) is 0 Å². The van der Waals surface area contributed by atoms with Crippen LogP contribution in [0, 0.1) is 0 Å². The van der Waals surface area contributed by atoms with Gasteiger partial charge in [-0.3, -0.25) is 4.57 Å². The lowest BCUT2D eigenvalue weighted by Gasteiger charge is -2.05. The average molecular weight is 243 g/mol. The smallest absolute Gasteiger partial charge is 0.211 e. The Bertz CT molecular complexity index is 588. The number of H-pyrrole nitrogens is 1. The molecule has 0 aliphatic heterocycles. The van der Waals surface area contributed by atoms with Crippen molar-refractivity contribution in [3.05, 3.63) is 42.7 Å². The highest BCUT2D eigenvalue weighted by atomic mass is 16.5. The number of rotatable bonds is 4. The molecule has 0 saturated heterocycles. The molecule has 0 aliphatic carbocycles. The second kappa shape index (κ2) is 4.62. The Balaban J connectivity index is 1.68. The fourth-order valence-electron chi connectivity index (χ4n) is 1.44. The van der Waals surface area contributed by atoms with Gasteiger partial charge in [0, 0.05) is 5.69 Å². The fraction of sp³-hybridized carbons (Fsp3) is 0.100. The van der Waals surface area contributed by atoms with Gasteiger partial charge < -0.3 is 4.74 Å². The van der Waals surface area contributed by atoms with Crippen molar-refractivity contribution in [3.8, 4) is 11.4 Å². The Kier molecular flexibility index (Phi) is 2.66. The lowest BCUT2D eigenvalue weighted by molar-refractivity contribution is 0.296. The standard InChI is InChI=1S/C10H9N7O/c1-3-9(18-5-10-13-15-16-14-10)4-2-8(1)17-6-11-12-7-17/h1-4,6-7H,5H2,(H,13,14,15,16). The minimum absolute atomic E-state index is 0.280. The Labute approximate surface area is 102 Å². The van der Waals surface area contributed by atoms with Crippen LogP contribution in [0.1, 0.15) is 5.82 Å². The molecule has 0 unspecified atom stereocenters. The van der Waals surface area contributed by atoms with E-state index in [-0.39, 0.29) is 6.61 Å². The van der Waals surface area contributed by atoms with Gasteiger partial charge in [0.15, 0.2) is 6.61 Å². The minimum Gasteiger partial charge on any atom is -0.485 e. The van der Waals surface area contributed by atoms with E-state index in [1.165, 1.54) is 0 Å². The van der Waals surface area contributed by atoms with E-state index in [2.05, 4.69) is 30.8 Å². The van der Waals surface area contributed by atoms with Gasteiger partial charge in [-0.15, -0.1) is 20.4 Å². The zero-order valence-corrected chi connectivity index (χ0v) is 9.26. The molecule has 0 saturated carbocycles. The minimum atomic E-state index is 0.280. The molecular weight excluding hydrogens is 234 g/mol. The number of aromatic nitrogens is 7. The molecule has 8 heteroatoms. The molecule has 0 fully saturated rings. The molecule has 0 amide bonds. The van der Waals surface area contributed by atoms with Crippen molar-refractivity contribution < 1.29 is 4.74 Å². The second-order valence-electron chi connectivity index (χ2n) is 3.48. The van der Waals surface area contributed by atoms with E-state index in [0.29, 0.717) is 5.82 Å². The van der Waals surface area contributed by atoms with E-state index in [0.717, 1.165) is 11.4 Å². The van der Waals surface area contributed by atoms with Crippen LogP contribution in [0.3, 0.4) is 0 Å². The van der Waals surface area contributed by atoms with Gasteiger partial charge in [-0.25, -0.2) is 0 Å². The summed E-state index contributed by atoms with van der Waals surface area (Å²) in [4.78, 5) is 0. The molecular formula is C10H9N7O. The van der Waals surface area contributed by atoms with Crippen LogP contribution in [-0.2, 0) is 6.61 Å². The number of hydrogen-bond donors (Lipinski definition) is 1. The summed E-state index contributed by atoms with van der Waals surface area (Å²) in [6.07, 6.45) is 3.27. The molecule has 8 nitrogen and oxygen atoms in total. The summed E-state index contributed by atoms with van der Waals surface area (Å²) in [6, 6.07) is 7.54. The first-order valence-corrected chi connectivity index (χ1v) is 5.22. The maximum absolute atomic E-state index is 5.50. The van der Waals surface area contributed by atoms with Gasteiger partial charge in [-0.05, 0) is 24.3 Å². The molecule has 1 aromatic carbocycles. The first kappa shape index (κ1) is 10.4. The maximum Gasteiger partial charge on any atom is 0.211 e. The fourth-order valence-corrected chi connectivity index (χ4v) is 1.44. The van der Waals surface area contributed by atoms with Crippen molar-refractivity contribution in [1.82, 2.24) is 35.4 Å². The largest absolute Gasteiger partial charge is 0.485 e. The van der Waals surface area contributed by atoms with Gasteiger partial charge in [-0.1, -0.05) is 5.21 Å². The van der Waals surface area contributed by atoms with Crippen molar-refractivity contribution >= 4 is 0 Å². The molecule has 18 heavy (non-hydrogen) atoms. The van der Waals surface area contributed by atoms with Gasteiger partial charge in [0.05, 0.1) is 0 Å². The summed E-state index contributed by atoms with van der Waals surface area (Å²) < 4.78 is 7.31. The Morgan fingerprint density at radius 1 is 1.11 bits per heavy atom. The Morgan fingerprint density at radius 3 is 2.56 bits per heavy atom. The van der Waals surface area contributed by atoms with Gasteiger partial charge in [0.2, 0.25) is 5.82 Å². The normalized spacial score (nSPS) is 10.4. The highest BCUT2D eigenvalue weighted by Gasteiger charge is 2.01. The Morgan fingerprint density at radius 2 is 1.89 bits per heavy atom. The third kappa shape index (κ3) is 2.17. The molecule has 0 atom stereocenters. The quantitative estimate of drug-likeness (QED) is 0.711. The molecule has 0 spiro atoms. The van der Waals surface area contributed by atoms with Crippen LogP contribution >= 0.6 is 0 Å². The number of ether oxygens (including phenoxy) is 1. The number of nitrogens with one attached hydrogen (secondary N) is 1. The maximum atomic E-state index is 5.50. The van der Waals surface area contributed by atoms with Crippen LogP contribution in [0.25, 0.3) is 5.69 Å². The van der Waals surface area contributed by atoms with Crippen LogP contribution in [-0.4, -0.2) is 35.4 Å². The molecule has 1 N–H and O–H groups in total. The lowest BCUT2D eigenvalue weighted by atomic mass is 10.3. The highest BCUT2D eigenvalue weighted by Crippen LogP contribution is 2.15. The lowest BCUT2D eigenvalue weighted by Crippen LogP contribution is -1.98. The van der Waals surface area contributed by atoms with E-state index in [1.54, 1.807) is 12.7 Å². The molecule has 2 heterocycles. The summed E-state index contributed by atoms with van der Waals surface area (Å²) in [5, 5.41) is 20.9. The summed E-state index contributed by atoms with van der Waals surface area (Å²) in [6.45, 7) is 0.280.